The van der Waals surface area contributed by atoms with Gasteiger partial charge in [-0.3, -0.25) is 4.79 Å². The molecule has 4 rings (SSSR count). The van der Waals surface area contributed by atoms with Crippen molar-refractivity contribution in [3.8, 4) is 28.3 Å². The summed E-state index contributed by atoms with van der Waals surface area (Å²) in [6.45, 7) is 0.331. The molecule has 2 N–H and O–H groups in total. The molecule has 0 saturated heterocycles. The van der Waals surface area contributed by atoms with Crippen molar-refractivity contribution in [2.45, 2.75) is 11.4 Å². The number of benzene rings is 3. The Kier molecular flexibility index (Phi) is 5.80. The second-order valence-corrected chi connectivity index (χ2v) is 8.48. The first-order valence-corrected chi connectivity index (χ1v) is 11.1. The number of hydrogen-bond acceptors (Lipinski definition) is 7. The summed E-state index contributed by atoms with van der Waals surface area (Å²) in [4.78, 5) is 12.2. The number of aromatic nitrogens is 4. The lowest BCUT2D eigenvalue weighted by Gasteiger charge is -2.11. The molecule has 0 amide bonds. The number of sulfonamides is 1. The Labute approximate surface area is 184 Å². The Morgan fingerprint density at radius 3 is 2.38 bits per heavy atom. The van der Waals surface area contributed by atoms with Crippen molar-refractivity contribution in [1.82, 2.24) is 20.2 Å². The number of nitrogens with two attached hydrogens (primary N) is 1. The summed E-state index contributed by atoms with van der Waals surface area (Å²) in [6.07, 6.45) is 0.734. The number of hydrogen-bond donors (Lipinski definition) is 1. The van der Waals surface area contributed by atoms with E-state index in [-0.39, 0.29) is 16.3 Å². The second-order valence-electron chi connectivity index (χ2n) is 6.96. The molecule has 0 radical (unpaired) electrons. The van der Waals surface area contributed by atoms with Gasteiger partial charge in [-0.15, -0.1) is 10.2 Å². The van der Waals surface area contributed by atoms with E-state index in [1.54, 1.807) is 43.5 Å². The average molecular weight is 449 g/mol. The Hall–Kier alpha value is -3.89. The summed E-state index contributed by atoms with van der Waals surface area (Å²) in [5, 5.41) is 18.0. The largest absolute Gasteiger partial charge is 0.497 e. The fourth-order valence-electron chi connectivity index (χ4n) is 3.29. The lowest BCUT2D eigenvalue weighted by molar-refractivity contribution is 0.112. The number of rotatable bonds is 7. The molecule has 0 saturated carbocycles. The number of ether oxygens (including phenoxy) is 1. The smallest absolute Gasteiger partial charge is 0.238 e. The van der Waals surface area contributed by atoms with Crippen LogP contribution in [0.15, 0.2) is 71.6 Å². The van der Waals surface area contributed by atoms with Gasteiger partial charge in [-0.1, -0.05) is 48.5 Å². The third kappa shape index (κ3) is 4.41. The molecule has 0 spiro atoms. The van der Waals surface area contributed by atoms with Crippen molar-refractivity contribution in [3.05, 3.63) is 77.9 Å². The van der Waals surface area contributed by atoms with Crippen molar-refractivity contribution in [2.75, 3.05) is 7.11 Å². The summed E-state index contributed by atoms with van der Waals surface area (Å²) in [6, 6.07) is 18.9. The topological polar surface area (TPSA) is 130 Å². The first-order chi connectivity index (χ1) is 15.4. The molecule has 9 nitrogen and oxygen atoms in total. The molecule has 0 fully saturated rings. The van der Waals surface area contributed by atoms with Gasteiger partial charge >= 0.3 is 0 Å². The minimum Gasteiger partial charge on any atom is -0.497 e. The van der Waals surface area contributed by atoms with Crippen LogP contribution in [0.5, 0.6) is 5.75 Å². The van der Waals surface area contributed by atoms with Crippen molar-refractivity contribution >= 4 is 16.3 Å². The van der Waals surface area contributed by atoms with Crippen molar-refractivity contribution in [3.63, 3.8) is 0 Å². The van der Waals surface area contributed by atoms with Crippen LogP contribution in [0.1, 0.15) is 15.9 Å². The number of carbonyl (C=O) groups is 1. The highest BCUT2D eigenvalue weighted by molar-refractivity contribution is 7.89. The molecule has 32 heavy (non-hydrogen) atoms. The van der Waals surface area contributed by atoms with Gasteiger partial charge in [-0.05, 0) is 40.1 Å². The summed E-state index contributed by atoms with van der Waals surface area (Å²) in [5.74, 6) is 0.853. The van der Waals surface area contributed by atoms with E-state index >= 15 is 0 Å². The summed E-state index contributed by atoms with van der Waals surface area (Å²) >= 11 is 0. The molecule has 10 heteroatoms. The third-order valence-electron chi connectivity index (χ3n) is 4.85. The average Bonchev–Trinajstić information content (AvgIpc) is 3.26. The molecule has 1 aromatic heterocycles. The monoisotopic (exact) mass is 449 g/mol. The number of primary sulfonamides is 1. The van der Waals surface area contributed by atoms with Crippen LogP contribution in [0.2, 0.25) is 0 Å². The minimum atomic E-state index is -4.07. The molecule has 0 atom stereocenters. The van der Waals surface area contributed by atoms with E-state index in [4.69, 9.17) is 9.88 Å². The minimum absolute atomic E-state index is 0.113. The van der Waals surface area contributed by atoms with Crippen molar-refractivity contribution in [2.24, 2.45) is 5.14 Å². The quantitative estimate of drug-likeness (QED) is 0.429. The highest BCUT2D eigenvalue weighted by Crippen LogP contribution is 2.35. The van der Waals surface area contributed by atoms with Gasteiger partial charge in [0.15, 0.2) is 0 Å². The fourth-order valence-corrected chi connectivity index (χ4v) is 4.04. The molecule has 0 aliphatic rings. The standard InChI is InChI=1S/C22H19N5O4S/c1-31-18-11-7-15(8-12-18)13-27-25-22(24-26-27)21-19(3-2-4-20(21)32(23,29)30)17-9-5-16(14-28)6-10-17/h2-12,14H,13H2,1H3,(H2,23,29,30). The number of nitrogens with zero attached hydrogens (tertiary/aromatic N) is 4. The van der Waals surface area contributed by atoms with E-state index in [1.165, 1.54) is 10.9 Å². The van der Waals surface area contributed by atoms with E-state index in [2.05, 4.69) is 15.4 Å². The van der Waals surface area contributed by atoms with Gasteiger partial charge in [0.1, 0.15) is 12.0 Å². The fraction of sp³-hybridized carbons (Fsp3) is 0.0909. The lowest BCUT2D eigenvalue weighted by Crippen LogP contribution is -2.14. The van der Waals surface area contributed by atoms with Gasteiger partial charge in [0, 0.05) is 5.56 Å². The maximum absolute atomic E-state index is 12.3. The van der Waals surface area contributed by atoms with Crippen LogP contribution in [0.3, 0.4) is 0 Å². The van der Waals surface area contributed by atoms with Crippen LogP contribution in [0, 0.1) is 0 Å². The zero-order valence-electron chi connectivity index (χ0n) is 17.0. The van der Waals surface area contributed by atoms with Crippen LogP contribution >= 0.6 is 0 Å². The van der Waals surface area contributed by atoms with Crippen LogP contribution in [0.25, 0.3) is 22.5 Å². The van der Waals surface area contributed by atoms with E-state index < -0.39 is 10.0 Å². The normalized spacial score (nSPS) is 11.3. The second kappa shape index (κ2) is 8.69. The first kappa shape index (κ1) is 21.3. The summed E-state index contributed by atoms with van der Waals surface area (Å²) < 4.78 is 29.8. The summed E-state index contributed by atoms with van der Waals surface area (Å²) in [5.41, 5.74) is 2.90. The molecule has 162 valence electrons. The lowest BCUT2D eigenvalue weighted by atomic mass is 9.98. The molecule has 0 aliphatic heterocycles. The highest BCUT2D eigenvalue weighted by atomic mass is 32.2. The zero-order chi connectivity index (χ0) is 22.7. The van der Waals surface area contributed by atoms with Crippen molar-refractivity contribution < 1.29 is 17.9 Å². The molecule has 3 aromatic carbocycles. The highest BCUT2D eigenvalue weighted by Gasteiger charge is 2.23. The molecule has 4 aromatic rings. The molecular formula is C22H19N5O4S. The van der Waals surface area contributed by atoms with E-state index in [1.807, 2.05) is 24.3 Å². The Morgan fingerprint density at radius 1 is 1.03 bits per heavy atom. The van der Waals surface area contributed by atoms with Gasteiger partial charge in [-0.25, -0.2) is 13.6 Å². The van der Waals surface area contributed by atoms with Gasteiger partial charge in [0.05, 0.1) is 24.1 Å². The van der Waals surface area contributed by atoms with E-state index in [0.29, 0.717) is 23.2 Å². The molecular weight excluding hydrogens is 430 g/mol. The van der Waals surface area contributed by atoms with Gasteiger partial charge < -0.3 is 4.74 Å². The van der Waals surface area contributed by atoms with E-state index in [9.17, 15) is 13.2 Å². The van der Waals surface area contributed by atoms with Crippen molar-refractivity contribution in [1.29, 1.82) is 0 Å². The predicted octanol–water partition coefficient (Wildman–Crippen LogP) is 2.52. The number of methoxy groups -OCH3 is 1. The predicted molar refractivity (Wildman–Crippen MR) is 118 cm³/mol. The Bertz CT molecular complexity index is 1360. The third-order valence-corrected chi connectivity index (χ3v) is 5.80. The molecule has 1 heterocycles. The van der Waals surface area contributed by atoms with Crippen LogP contribution in [-0.2, 0) is 16.6 Å². The SMILES string of the molecule is COc1ccc(Cn2nnc(-c3c(-c4ccc(C=O)cc4)cccc3S(N)(=O)=O)n2)cc1. The maximum atomic E-state index is 12.3. The van der Waals surface area contributed by atoms with Gasteiger partial charge in [0.25, 0.3) is 0 Å². The van der Waals surface area contributed by atoms with Crippen LogP contribution < -0.4 is 9.88 Å². The van der Waals surface area contributed by atoms with Crippen LogP contribution in [-0.4, -0.2) is 42.0 Å². The Morgan fingerprint density at radius 2 is 1.75 bits per heavy atom. The summed E-state index contributed by atoms with van der Waals surface area (Å²) in [7, 11) is -2.48. The van der Waals surface area contributed by atoms with E-state index in [0.717, 1.165) is 17.6 Å². The number of tetrazole rings is 1. The Balaban J connectivity index is 1.78. The van der Waals surface area contributed by atoms with Crippen LogP contribution in [0.4, 0.5) is 0 Å². The number of aldehydes is 1. The molecule has 0 unspecified atom stereocenters. The zero-order valence-corrected chi connectivity index (χ0v) is 17.9. The molecule has 0 aliphatic carbocycles. The molecule has 0 bridgehead atoms. The number of carbonyl (C=O) groups excluding carboxylic acids is 1. The first-order valence-electron chi connectivity index (χ1n) is 9.51. The maximum Gasteiger partial charge on any atom is 0.238 e. The van der Waals surface area contributed by atoms with Gasteiger partial charge in [0.2, 0.25) is 15.8 Å². The van der Waals surface area contributed by atoms with Gasteiger partial charge in [-0.2, -0.15) is 4.80 Å².